The van der Waals surface area contributed by atoms with Gasteiger partial charge < -0.3 is 19.3 Å². The number of nitrogens with zero attached hydrogens (tertiary/aromatic N) is 1. The summed E-state index contributed by atoms with van der Waals surface area (Å²) in [4.78, 5) is 31.9. The Kier molecular flexibility index (Phi) is 11.1. The van der Waals surface area contributed by atoms with E-state index in [0.717, 1.165) is 0 Å². The number of aliphatic imine (C=N–C) groups is 1. The summed E-state index contributed by atoms with van der Waals surface area (Å²) in [6, 6.07) is 20.6. The molecule has 3 aromatic carbocycles. The van der Waals surface area contributed by atoms with Crippen molar-refractivity contribution in [1.82, 2.24) is 10.9 Å². The van der Waals surface area contributed by atoms with Crippen LogP contribution in [0.25, 0.3) is 0 Å². The molecule has 2 atom stereocenters. The second kappa shape index (κ2) is 14.8. The standard InChI is InChI=1S/C33H37BrFN3O6/c1-32(2,3)44-28(40)17-18-33(31(41)38-36-21-23-9-4-7-12-27(23)35)29(25-10-5-6-11-26(25)34)43-30(37-33)22-13-15-24(16-14-22)42-20-8-19-39/h4-7,9-16,29,36,39H,8,17-21H2,1-3H3,(H,38,41)/t29-,33-/m0/s1. The van der Waals surface area contributed by atoms with Crippen molar-refractivity contribution in [2.75, 3.05) is 13.2 Å². The SMILES string of the molecule is CC(C)(C)OC(=O)CC[C@]1(C(=O)NNCc2ccccc2F)N=C(c2ccc(OCCCO)cc2)O[C@H]1c1ccccc1Br. The van der Waals surface area contributed by atoms with Crippen LogP contribution in [-0.4, -0.2) is 47.2 Å². The monoisotopic (exact) mass is 669 g/mol. The largest absolute Gasteiger partial charge is 0.494 e. The second-order valence-electron chi connectivity index (χ2n) is 11.3. The summed E-state index contributed by atoms with van der Waals surface area (Å²) in [6.07, 6.45) is -0.568. The zero-order chi connectivity index (χ0) is 31.7. The Morgan fingerprint density at radius 3 is 2.45 bits per heavy atom. The third kappa shape index (κ3) is 8.43. The van der Waals surface area contributed by atoms with Crippen LogP contribution < -0.4 is 15.6 Å². The van der Waals surface area contributed by atoms with Gasteiger partial charge in [-0.2, -0.15) is 0 Å². The first-order chi connectivity index (χ1) is 21.0. The molecule has 1 aliphatic rings. The fourth-order valence-electron chi connectivity index (χ4n) is 4.69. The van der Waals surface area contributed by atoms with E-state index < -0.39 is 34.9 Å². The highest BCUT2D eigenvalue weighted by atomic mass is 79.9. The Hall–Kier alpha value is -3.80. The lowest BCUT2D eigenvalue weighted by Gasteiger charge is -2.31. The highest BCUT2D eigenvalue weighted by Gasteiger charge is 2.54. The van der Waals surface area contributed by atoms with E-state index in [2.05, 4.69) is 26.8 Å². The Balaban J connectivity index is 1.69. The molecule has 0 spiro atoms. The van der Waals surface area contributed by atoms with Crippen LogP contribution in [0.2, 0.25) is 0 Å². The van der Waals surface area contributed by atoms with E-state index >= 15 is 0 Å². The first kappa shape index (κ1) is 33.1. The summed E-state index contributed by atoms with van der Waals surface area (Å²) < 4.78 is 32.6. The third-order valence-corrected chi connectivity index (χ3v) is 7.51. The molecule has 4 rings (SSSR count). The number of amides is 1. The van der Waals surface area contributed by atoms with Gasteiger partial charge in [-0.25, -0.2) is 14.8 Å². The van der Waals surface area contributed by atoms with E-state index in [-0.39, 0.29) is 31.9 Å². The smallest absolute Gasteiger partial charge is 0.306 e. The van der Waals surface area contributed by atoms with Gasteiger partial charge in [-0.1, -0.05) is 52.3 Å². The summed E-state index contributed by atoms with van der Waals surface area (Å²) in [6.45, 7) is 5.74. The zero-order valence-electron chi connectivity index (χ0n) is 24.9. The van der Waals surface area contributed by atoms with Gasteiger partial charge in [0.15, 0.2) is 11.6 Å². The van der Waals surface area contributed by atoms with Gasteiger partial charge in [-0.05, 0) is 63.6 Å². The predicted molar refractivity (Wildman–Crippen MR) is 167 cm³/mol. The molecule has 1 amide bonds. The summed E-state index contributed by atoms with van der Waals surface area (Å²) in [7, 11) is 0. The van der Waals surface area contributed by atoms with Crippen molar-refractivity contribution in [3.05, 3.63) is 99.8 Å². The van der Waals surface area contributed by atoms with Crippen LogP contribution in [0.5, 0.6) is 5.75 Å². The molecule has 0 fully saturated rings. The minimum absolute atomic E-state index is 0.0232. The average molecular weight is 671 g/mol. The van der Waals surface area contributed by atoms with Crippen molar-refractivity contribution in [3.63, 3.8) is 0 Å². The van der Waals surface area contributed by atoms with Gasteiger partial charge in [-0.15, -0.1) is 0 Å². The van der Waals surface area contributed by atoms with E-state index in [1.807, 2.05) is 24.3 Å². The summed E-state index contributed by atoms with van der Waals surface area (Å²) in [5, 5.41) is 9.02. The minimum Gasteiger partial charge on any atom is -0.494 e. The van der Waals surface area contributed by atoms with Crippen LogP contribution >= 0.6 is 15.9 Å². The fourth-order valence-corrected chi connectivity index (χ4v) is 5.18. The number of aliphatic hydroxyl groups is 1. The molecule has 0 aromatic heterocycles. The van der Waals surface area contributed by atoms with Crippen LogP contribution in [0.1, 0.15) is 62.8 Å². The minimum atomic E-state index is -1.60. The number of hydrazine groups is 1. The Bertz CT molecular complexity index is 1480. The van der Waals surface area contributed by atoms with Crippen LogP contribution in [0.15, 0.2) is 82.3 Å². The maximum absolute atomic E-state index is 14.2. The van der Waals surface area contributed by atoms with Crippen LogP contribution in [0, 0.1) is 5.82 Å². The molecule has 0 radical (unpaired) electrons. The first-order valence-corrected chi connectivity index (χ1v) is 15.2. The first-order valence-electron chi connectivity index (χ1n) is 14.4. The van der Waals surface area contributed by atoms with Crippen molar-refractivity contribution in [2.24, 2.45) is 4.99 Å². The highest BCUT2D eigenvalue weighted by Crippen LogP contribution is 2.45. The molecule has 9 nitrogen and oxygen atoms in total. The number of hydrogen-bond donors (Lipinski definition) is 3. The number of carbonyl (C=O) groups excluding carboxylic acids is 2. The second-order valence-corrected chi connectivity index (χ2v) is 12.2. The number of esters is 1. The number of aliphatic hydroxyl groups excluding tert-OH is 1. The van der Waals surface area contributed by atoms with E-state index in [9.17, 15) is 14.0 Å². The van der Waals surface area contributed by atoms with E-state index in [1.165, 1.54) is 6.07 Å². The van der Waals surface area contributed by atoms with Crippen molar-refractivity contribution in [1.29, 1.82) is 0 Å². The number of benzene rings is 3. The molecule has 0 unspecified atom stereocenters. The molecular weight excluding hydrogens is 633 g/mol. The third-order valence-electron chi connectivity index (χ3n) is 6.79. The van der Waals surface area contributed by atoms with Gasteiger partial charge in [0, 0.05) is 47.2 Å². The van der Waals surface area contributed by atoms with E-state index in [4.69, 9.17) is 24.3 Å². The normalized spacial score (nSPS) is 17.9. The number of carbonyl (C=O) groups is 2. The lowest BCUT2D eigenvalue weighted by Crippen LogP contribution is -2.52. The molecule has 0 aliphatic carbocycles. The molecule has 11 heteroatoms. The molecular formula is C33H37BrFN3O6. The van der Waals surface area contributed by atoms with Crippen molar-refractivity contribution in [3.8, 4) is 5.75 Å². The molecule has 0 saturated heterocycles. The van der Waals surface area contributed by atoms with E-state index in [1.54, 1.807) is 63.2 Å². The summed E-state index contributed by atoms with van der Waals surface area (Å²) >= 11 is 3.59. The molecule has 3 aromatic rings. The number of rotatable bonds is 13. The Morgan fingerprint density at radius 1 is 1.07 bits per heavy atom. The molecule has 1 aliphatic heterocycles. The molecule has 44 heavy (non-hydrogen) atoms. The molecule has 0 bridgehead atoms. The van der Waals surface area contributed by atoms with Gasteiger partial charge in [0.1, 0.15) is 17.2 Å². The number of nitrogens with one attached hydrogen (secondary N) is 2. The number of hydrogen-bond acceptors (Lipinski definition) is 8. The van der Waals surface area contributed by atoms with Gasteiger partial charge in [0.2, 0.25) is 5.90 Å². The highest BCUT2D eigenvalue weighted by molar-refractivity contribution is 9.10. The zero-order valence-corrected chi connectivity index (χ0v) is 26.5. The van der Waals surface area contributed by atoms with Gasteiger partial charge in [0.05, 0.1) is 6.61 Å². The summed E-state index contributed by atoms with van der Waals surface area (Å²) in [5.41, 5.74) is 4.82. The number of ether oxygens (including phenoxy) is 3. The molecule has 0 saturated carbocycles. The van der Waals surface area contributed by atoms with Gasteiger partial charge in [0.25, 0.3) is 5.91 Å². The Morgan fingerprint density at radius 2 is 1.77 bits per heavy atom. The van der Waals surface area contributed by atoms with Crippen LogP contribution in [0.4, 0.5) is 4.39 Å². The lowest BCUT2D eigenvalue weighted by molar-refractivity contribution is -0.155. The van der Waals surface area contributed by atoms with Crippen molar-refractivity contribution < 1.29 is 33.3 Å². The molecule has 1 heterocycles. The van der Waals surface area contributed by atoms with E-state index in [0.29, 0.717) is 39.9 Å². The topological polar surface area (TPSA) is 118 Å². The Labute approximate surface area is 264 Å². The van der Waals surface area contributed by atoms with Crippen molar-refractivity contribution in [2.45, 2.75) is 63.8 Å². The maximum atomic E-state index is 14.2. The summed E-state index contributed by atoms with van der Waals surface area (Å²) in [5.74, 6) is -0.635. The van der Waals surface area contributed by atoms with Crippen LogP contribution in [0.3, 0.4) is 0 Å². The molecule has 234 valence electrons. The van der Waals surface area contributed by atoms with Crippen molar-refractivity contribution >= 4 is 33.7 Å². The average Bonchev–Trinajstić information content (AvgIpc) is 3.37. The lowest BCUT2D eigenvalue weighted by atomic mass is 9.83. The van der Waals surface area contributed by atoms with Gasteiger partial charge >= 0.3 is 5.97 Å². The quantitative estimate of drug-likeness (QED) is 0.124. The number of halogens is 2. The molecule has 3 N–H and O–H groups in total. The van der Waals surface area contributed by atoms with Gasteiger partial charge in [-0.3, -0.25) is 15.0 Å². The van der Waals surface area contributed by atoms with Crippen LogP contribution in [-0.2, 0) is 25.6 Å². The fraction of sp³-hybridized carbons (Fsp3) is 0.364. The predicted octanol–water partition coefficient (Wildman–Crippen LogP) is 5.55. The maximum Gasteiger partial charge on any atom is 0.306 e.